The summed E-state index contributed by atoms with van der Waals surface area (Å²) in [7, 11) is -3.04. The van der Waals surface area contributed by atoms with Gasteiger partial charge in [0.1, 0.15) is 5.69 Å². The Labute approximate surface area is 68.4 Å². The Kier molecular flexibility index (Phi) is 2.13. The zero-order valence-electron chi connectivity index (χ0n) is 6.12. The number of aromatic nitrogens is 3. The van der Waals surface area contributed by atoms with Crippen molar-refractivity contribution >= 4 is 10.1 Å². The molecule has 1 unspecified atom stereocenters. The molecule has 7 nitrogen and oxygen atoms in total. The van der Waals surface area contributed by atoms with Crippen molar-refractivity contribution in [3.8, 4) is 0 Å². The molecule has 1 heterocycles. The summed E-state index contributed by atoms with van der Waals surface area (Å²) in [4.78, 5) is 1.07. The van der Waals surface area contributed by atoms with Crippen LogP contribution in [0.5, 0.6) is 0 Å². The fraction of sp³-hybridized carbons (Fsp3) is 0.500. The maximum atomic E-state index is 10.4. The van der Waals surface area contributed by atoms with E-state index in [2.05, 4.69) is 10.2 Å². The van der Waals surface area contributed by atoms with Gasteiger partial charge < -0.3 is 5.11 Å². The Morgan fingerprint density at radius 3 is 2.58 bits per heavy atom. The average molecular weight is 193 g/mol. The number of aryl methyl sites for hydroxylation is 1. The first-order valence-electron chi connectivity index (χ1n) is 2.92. The molecule has 0 bridgehead atoms. The summed E-state index contributed by atoms with van der Waals surface area (Å²) in [5.41, 5.74) is -2.23. The van der Waals surface area contributed by atoms with Crippen molar-refractivity contribution in [2.45, 2.75) is 5.44 Å². The molecule has 1 aromatic rings. The molecule has 0 aromatic carbocycles. The lowest BCUT2D eigenvalue weighted by Crippen LogP contribution is -2.12. The molecule has 68 valence electrons. The quantitative estimate of drug-likeness (QED) is 0.565. The molecule has 0 aliphatic rings. The molecule has 12 heavy (non-hydrogen) atoms. The van der Waals surface area contributed by atoms with Gasteiger partial charge in [-0.2, -0.15) is 23.4 Å². The summed E-state index contributed by atoms with van der Waals surface area (Å²) >= 11 is 0. The second-order valence-corrected chi connectivity index (χ2v) is 3.60. The molecule has 1 atom stereocenters. The van der Waals surface area contributed by atoms with Gasteiger partial charge in [-0.05, 0) is 0 Å². The molecule has 8 heteroatoms. The van der Waals surface area contributed by atoms with Crippen LogP contribution >= 0.6 is 0 Å². The van der Waals surface area contributed by atoms with Gasteiger partial charge in [-0.1, -0.05) is 0 Å². The predicted octanol–water partition coefficient (Wildman–Crippen LogP) is -1.31. The zero-order valence-corrected chi connectivity index (χ0v) is 6.93. The maximum Gasteiger partial charge on any atom is 0.298 e. The number of rotatable bonds is 2. The van der Waals surface area contributed by atoms with E-state index < -0.39 is 15.6 Å². The van der Waals surface area contributed by atoms with Gasteiger partial charge in [0.2, 0.25) is 5.44 Å². The fourth-order valence-corrected chi connectivity index (χ4v) is 1.04. The first kappa shape index (κ1) is 9.10. The van der Waals surface area contributed by atoms with E-state index in [4.69, 9.17) is 9.66 Å². The number of aliphatic hydroxyl groups is 1. The van der Waals surface area contributed by atoms with Crippen molar-refractivity contribution in [2.24, 2.45) is 7.05 Å². The van der Waals surface area contributed by atoms with Crippen LogP contribution < -0.4 is 0 Å². The number of hydrogen-bond donors (Lipinski definition) is 2. The molecule has 0 saturated heterocycles. The third-order valence-electron chi connectivity index (χ3n) is 1.15. The van der Waals surface area contributed by atoms with Gasteiger partial charge >= 0.3 is 0 Å². The van der Waals surface area contributed by atoms with E-state index in [-0.39, 0.29) is 5.69 Å². The van der Waals surface area contributed by atoms with Gasteiger partial charge in [-0.25, -0.2) is 0 Å². The maximum absolute atomic E-state index is 10.4. The lowest BCUT2D eigenvalue weighted by molar-refractivity contribution is 0.233. The van der Waals surface area contributed by atoms with Crippen LogP contribution in [0.25, 0.3) is 0 Å². The summed E-state index contributed by atoms with van der Waals surface area (Å²) in [5, 5.41) is 15.9. The molecule has 0 radical (unpaired) electrons. The molecule has 0 fully saturated rings. The number of nitrogens with zero attached hydrogens (tertiary/aromatic N) is 3. The second-order valence-electron chi connectivity index (χ2n) is 2.13. The minimum atomic E-state index is -4.50. The highest BCUT2D eigenvalue weighted by atomic mass is 32.2. The Hall–Kier alpha value is -0.990. The highest BCUT2D eigenvalue weighted by Crippen LogP contribution is 2.13. The van der Waals surface area contributed by atoms with E-state index in [1.54, 1.807) is 0 Å². The van der Waals surface area contributed by atoms with Crippen LogP contribution in [0.4, 0.5) is 0 Å². The molecule has 1 rings (SSSR count). The van der Waals surface area contributed by atoms with Crippen LogP contribution in [-0.2, 0) is 17.2 Å². The largest absolute Gasteiger partial charge is 0.370 e. The first-order chi connectivity index (χ1) is 5.41. The van der Waals surface area contributed by atoms with Crippen LogP contribution in [-0.4, -0.2) is 33.1 Å². The van der Waals surface area contributed by atoms with Gasteiger partial charge in [-0.15, -0.1) is 0 Å². The minimum absolute atomic E-state index is 0.208. The fourth-order valence-electron chi connectivity index (χ4n) is 0.627. The van der Waals surface area contributed by atoms with Crippen molar-refractivity contribution in [2.75, 3.05) is 0 Å². The predicted molar refractivity (Wildman–Crippen MR) is 37.5 cm³/mol. The van der Waals surface area contributed by atoms with Crippen molar-refractivity contribution in [1.82, 2.24) is 15.0 Å². The molecular weight excluding hydrogens is 186 g/mol. The Morgan fingerprint density at radius 1 is 1.67 bits per heavy atom. The highest BCUT2D eigenvalue weighted by Gasteiger charge is 2.24. The minimum Gasteiger partial charge on any atom is -0.370 e. The molecular formula is C4H7N3O4S. The highest BCUT2D eigenvalue weighted by molar-refractivity contribution is 7.85. The lowest BCUT2D eigenvalue weighted by atomic mass is 10.5. The van der Waals surface area contributed by atoms with Crippen molar-refractivity contribution in [3.05, 3.63) is 11.9 Å². The van der Waals surface area contributed by atoms with Crippen molar-refractivity contribution in [1.29, 1.82) is 0 Å². The monoisotopic (exact) mass is 193 g/mol. The normalized spacial score (nSPS) is 14.6. The zero-order chi connectivity index (χ0) is 9.35. The summed E-state index contributed by atoms with van der Waals surface area (Å²) < 4.78 is 29.1. The van der Waals surface area contributed by atoms with Crippen LogP contribution in [0, 0.1) is 0 Å². The number of hydrogen-bond acceptors (Lipinski definition) is 5. The second kappa shape index (κ2) is 2.81. The molecule has 1 aromatic heterocycles. The SMILES string of the molecule is Cn1ncc(C(O)S(=O)(=O)O)n1. The smallest absolute Gasteiger partial charge is 0.298 e. The van der Waals surface area contributed by atoms with Crippen LogP contribution in [0.15, 0.2) is 6.20 Å². The average Bonchev–Trinajstić information content (AvgIpc) is 2.32. The van der Waals surface area contributed by atoms with Gasteiger partial charge in [-0.3, -0.25) is 4.55 Å². The Bertz CT molecular complexity index is 369. The summed E-state index contributed by atoms with van der Waals surface area (Å²) in [6.45, 7) is 0. The molecule has 0 aliphatic heterocycles. The summed E-state index contributed by atoms with van der Waals surface area (Å²) in [6.07, 6.45) is 1.05. The van der Waals surface area contributed by atoms with Crippen LogP contribution in [0.2, 0.25) is 0 Å². The first-order valence-corrected chi connectivity index (χ1v) is 4.42. The summed E-state index contributed by atoms with van der Waals surface area (Å²) in [5.74, 6) is 0. The standard InChI is InChI=1S/C4H7N3O4S/c1-7-5-2-3(6-7)4(8)12(9,10)11/h2,4,8H,1H3,(H,9,10,11). The number of aliphatic hydroxyl groups excluding tert-OH is 1. The summed E-state index contributed by atoms with van der Waals surface area (Å²) in [6, 6.07) is 0. The van der Waals surface area contributed by atoms with E-state index in [1.807, 2.05) is 0 Å². The van der Waals surface area contributed by atoms with Gasteiger partial charge in [0.05, 0.1) is 6.20 Å². The third-order valence-corrected chi connectivity index (χ3v) is 1.96. The molecule has 0 spiro atoms. The van der Waals surface area contributed by atoms with Crippen LogP contribution in [0.1, 0.15) is 11.1 Å². The molecule has 0 amide bonds. The van der Waals surface area contributed by atoms with Crippen molar-refractivity contribution in [3.63, 3.8) is 0 Å². The van der Waals surface area contributed by atoms with Crippen molar-refractivity contribution < 1.29 is 18.1 Å². The Balaban J connectivity index is 3.01. The lowest BCUT2D eigenvalue weighted by Gasteiger charge is -2.00. The van der Waals surface area contributed by atoms with E-state index in [9.17, 15) is 8.42 Å². The van der Waals surface area contributed by atoms with Gasteiger partial charge in [0.25, 0.3) is 10.1 Å². The van der Waals surface area contributed by atoms with E-state index in [1.165, 1.54) is 7.05 Å². The van der Waals surface area contributed by atoms with E-state index >= 15 is 0 Å². The topological polar surface area (TPSA) is 105 Å². The Morgan fingerprint density at radius 2 is 2.25 bits per heavy atom. The molecule has 0 aliphatic carbocycles. The van der Waals surface area contributed by atoms with Gasteiger partial charge in [0.15, 0.2) is 0 Å². The van der Waals surface area contributed by atoms with Gasteiger partial charge in [0, 0.05) is 7.05 Å². The molecule has 0 saturated carbocycles. The van der Waals surface area contributed by atoms with Crippen LogP contribution in [0.3, 0.4) is 0 Å². The van der Waals surface area contributed by atoms with E-state index in [0.717, 1.165) is 11.0 Å². The van der Waals surface area contributed by atoms with E-state index in [0.29, 0.717) is 0 Å². The molecule has 2 N–H and O–H groups in total. The third kappa shape index (κ3) is 1.78.